The van der Waals surface area contributed by atoms with Crippen molar-refractivity contribution in [2.75, 3.05) is 0 Å². The zero-order chi connectivity index (χ0) is 11.8. The predicted molar refractivity (Wildman–Crippen MR) is 43.4 cm³/mol. The fraction of sp³-hybridized carbons (Fsp3) is 0.125. The van der Waals surface area contributed by atoms with Crippen molar-refractivity contribution >= 4 is 17.6 Å². The molecule has 0 saturated carbocycles. The first-order chi connectivity index (χ1) is 6.73. The van der Waals surface area contributed by atoms with E-state index in [1.54, 1.807) is 0 Å². The summed E-state index contributed by atoms with van der Waals surface area (Å²) < 4.78 is 49.5. The number of aromatic carboxylic acids is 1. The summed E-state index contributed by atoms with van der Waals surface area (Å²) in [4.78, 5) is 10.5. The van der Waals surface area contributed by atoms with Gasteiger partial charge in [0, 0.05) is 0 Å². The van der Waals surface area contributed by atoms with Gasteiger partial charge in [-0.25, -0.2) is 9.18 Å². The molecule has 0 bridgehead atoms. The highest BCUT2D eigenvalue weighted by molar-refractivity contribution is 6.31. The summed E-state index contributed by atoms with van der Waals surface area (Å²) in [5, 5.41) is 7.80. The molecule has 0 radical (unpaired) electrons. The minimum Gasteiger partial charge on any atom is -0.478 e. The van der Waals surface area contributed by atoms with E-state index < -0.39 is 34.1 Å². The molecule has 1 N–H and O–H groups in total. The van der Waals surface area contributed by atoms with Crippen LogP contribution in [0, 0.1) is 5.82 Å². The molecule has 0 unspecified atom stereocenters. The average Bonchev–Trinajstić information content (AvgIpc) is 2.06. The highest BCUT2D eigenvalue weighted by Crippen LogP contribution is 2.34. The van der Waals surface area contributed by atoms with Crippen LogP contribution in [0.5, 0.6) is 0 Å². The second-order valence-electron chi connectivity index (χ2n) is 2.61. The number of halogens is 5. The van der Waals surface area contributed by atoms with Crippen molar-refractivity contribution in [3.63, 3.8) is 0 Å². The maximum absolute atomic E-state index is 12.7. The third kappa shape index (κ3) is 2.38. The predicted octanol–water partition coefficient (Wildman–Crippen LogP) is 3.20. The van der Waals surface area contributed by atoms with Crippen LogP contribution >= 0.6 is 11.6 Å². The lowest BCUT2D eigenvalue weighted by Crippen LogP contribution is -2.13. The second-order valence-corrected chi connectivity index (χ2v) is 3.02. The van der Waals surface area contributed by atoms with Gasteiger partial charge in [0.15, 0.2) is 0 Å². The summed E-state index contributed by atoms with van der Waals surface area (Å²) in [6.45, 7) is 0. The van der Waals surface area contributed by atoms with Gasteiger partial charge in [-0.2, -0.15) is 13.2 Å². The summed E-state index contributed by atoms with van der Waals surface area (Å²) >= 11 is 5.17. The number of hydrogen-bond donors (Lipinski definition) is 1. The van der Waals surface area contributed by atoms with Gasteiger partial charge in [-0.15, -0.1) is 0 Å². The average molecular weight is 243 g/mol. The summed E-state index contributed by atoms with van der Waals surface area (Å²) in [7, 11) is 0. The number of alkyl halides is 3. The van der Waals surface area contributed by atoms with E-state index in [2.05, 4.69) is 0 Å². The molecule has 0 aliphatic carbocycles. The molecule has 1 aromatic carbocycles. The van der Waals surface area contributed by atoms with E-state index in [1.165, 1.54) is 0 Å². The third-order valence-electron chi connectivity index (χ3n) is 1.60. The molecule has 0 aliphatic rings. The fourth-order valence-corrected chi connectivity index (χ4v) is 1.12. The Kier molecular flexibility index (Phi) is 2.90. The van der Waals surface area contributed by atoms with Crippen LogP contribution in [0.1, 0.15) is 15.9 Å². The van der Waals surface area contributed by atoms with Crippen LogP contribution in [0.2, 0.25) is 5.02 Å². The van der Waals surface area contributed by atoms with Crippen LogP contribution < -0.4 is 0 Å². The van der Waals surface area contributed by atoms with Crippen molar-refractivity contribution in [2.45, 2.75) is 6.18 Å². The largest absolute Gasteiger partial charge is 0.478 e. The van der Waals surface area contributed by atoms with Gasteiger partial charge in [-0.3, -0.25) is 0 Å². The van der Waals surface area contributed by atoms with Gasteiger partial charge in [0.05, 0.1) is 16.1 Å². The van der Waals surface area contributed by atoms with Gasteiger partial charge in [0.25, 0.3) is 0 Å². The number of rotatable bonds is 1. The highest BCUT2D eigenvalue weighted by atomic mass is 35.5. The summed E-state index contributed by atoms with van der Waals surface area (Å²) in [5.41, 5.74) is -2.63. The van der Waals surface area contributed by atoms with E-state index in [0.29, 0.717) is 6.07 Å². The maximum atomic E-state index is 12.7. The Labute approximate surface area is 86.1 Å². The number of carbonyl (C=O) groups is 1. The minimum absolute atomic E-state index is 0.0613. The van der Waals surface area contributed by atoms with Crippen LogP contribution in [-0.4, -0.2) is 11.1 Å². The molecule has 0 atom stereocenters. The van der Waals surface area contributed by atoms with Crippen LogP contribution in [0.25, 0.3) is 0 Å². The molecule has 1 aromatic rings. The molecular formula is C8H3ClF4O2. The topological polar surface area (TPSA) is 37.3 Å². The van der Waals surface area contributed by atoms with Crippen molar-refractivity contribution in [3.8, 4) is 0 Å². The monoisotopic (exact) mass is 242 g/mol. The van der Waals surface area contributed by atoms with Crippen LogP contribution in [-0.2, 0) is 6.18 Å². The van der Waals surface area contributed by atoms with Crippen molar-refractivity contribution in [1.29, 1.82) is 0 Å². The molecule has 15 heavy (non-hydrogen) atoms. The van der Waals surface area contributed by atoms with E-state index in [-0.39, 0.29) is 6.07 Å². The number of carboxylic acids is 1. The first-order valence-corrected chi connectivity index (χ1v) is 3.91. The minimum atomic E-state index is -4.93. The first kappa shape index (κ1) is 11.8. The summed E-state index contributed by atoms with van der Waals surface area (Å²) in [6, 6.07) is 0.494. The smallest absolute Gasteiger partial charge is 0.417 e. The van der Waals surface area contributed by atoms with Gasteiger partial charge in [0.2, 0.25) is 0 Å². The number of hydrogen-bond acceptors (Lipinski definition) is 1. The molecule has 0 aromatic heterocycles. The second kappa shape index (κ2) is 3.69. The SMILES string of the molecule is O=C(O)c1cc(Cl)c(F)cc1C(F)(F)F. The standard InChI is InChI=1S/C8H3ClF4O2/c9-5-1-3(7(14)15)4(2-6(5)10)8(11,12)13/h1-2H,(H,14,15). The van der Waals surface area contributed by atoms with Crippen molar-refractivity contribution in [2.24, 2.45) is 0 Å². The molecule has 0 aliphatic heterocycles. The number of benzene rings is 1. The summed E-state index contributed by atoms with van der Waals surface area (Å²) in [5.74, 6) is -3.13. The van der Waals surface area contributed by atoms with Crippen LogP contribution in [0.4, 0.5) is 17.6 Å². The molecule has 0 heterocycles. The maximum Gasteiger partial charge on any atom is 0.417 e. The molecule has 1 rings (SSSR count). The van der Waals surface area contributed by atoms with Crippen LogP contribution in [0.3, 0.4) is 0 Å². The Morgan fingerprint density at radius 1 is 1.33 bits per heavy atom. The Bertz CT molecular complexity index is 414. The lowest BCUT2D eigenvalue weighted by molar-refractivity contribution is -0.138. The van der Waals surface area contributed by atoms with Crippen molar-refractivity contribution < 1.29 is 27.5 Å². The van der Waals surface area contributed by atoms with E-state index in [4.69, 9.17) is 16.7 Å². The molecule has 0 amide bonds. The Balaban J connectivity index is 3.49. The van der Waals surface area contributed by atoms with Crippen LogP contribution in [0.15, 0.2) is 12.1 Å². The van der Waals surface area contributed by atoms with E-state index in [9.17, 15) is 22.4 Å². The van der Waals surface area contributed by atoms with Gasteiger partial charge in [-0.05, 0) is 12.1 Å². The lowest BCUT2D eigenvalue weighted by Gasteiger charge is -2.10. The van der Waals surface area contributed by atoms with Gasteiger partial charge >= 0.3 is 12.1 Å². The zero-order valence-electron chi connectivity index (χ0n) is 6.90. The molecule has 2 nitrogen and oxygen atoms in total. The van der Waals surface area contributed by atoms with Gasteiger partial charge in [-0.1, -0.05) is 11.6 Å². The van der Waals surface area contributed by atoms with Gasteiger partial charge < -0.3 is 5.11 Å². The van der Waals surface area contributed by atoms with Crippen molar-refractivity contribution in [3.05, 3.63) is 34.1 Å². The molecule has 0 saturated heterocycles. The molecule has 0 spiro atoms. The Hall–Kier alpha value is -1.30. The normalized spacial score (nSPS) is 11.5. The summed E-state index contributed by atoms with van der Waals surface area (Å²) in [6.07, 6.45) is -4.93. The zero-order valence-corrected chi connectivity index (χ0v) is 7.66. The van der Waals surface area contributed by atoms with Gasteiger partial charge in [0.1, 0.15) is 5.82 Å². The molecule has 82 valence electrons. The first-order valence-electron chi connectivity index (χ1n) is 3.53. The Morgan fingerprint density at radius 3 is 2.27 bits per heavy atom. The van der Waals surface area contributed by atoms with Crippen molar-refractivity contribution in [1.82, 2.24) is 0 Å². The molecular weight excluding hydrogens is 240 g/mol. The molecule has 0 fully saturated rings. The number of carboxylic acid groups (broad SMARTS) is 1. The fourth-order valence-electron chi connectivity index (χ4n) is 0.958. The quantitative estimate of drug-likeness (QED) is 0.768. The molecule has 7 heteroatoms. The van der Waals surface area contributed by atoms with E-state index in [0.717, 1.165) is 0 Å². The highest BCUT2D eigenvalue weighted by Gasteiger charge is 2.36. The Morgan fingerprint density at radius 2 is 1.87 bits per heavy atom. The van der Waals surface area contributed by atoms with E-state index in [1.807, 2.05) is 0 Å². The lowest BCUT2D eigenvalue weighted by atomic mass is 10.1. The van der Waals surface area contributed by atoms with E-state index >= 15 is 0 Å². The third-order valence-corrected chi connectivity index (χ3v) is 1.89.